The molecule has 20 heavy (non-hydrogen) atoms. The summed E-state index contributed by atoms with van der Waals surface area (Å²) >= 11 is 0. The van der Waals surface area contributed by atoms with Crippen molar-refractivity contribution in [2.45, 2.75) is 50.4 Å². The third-order valence-electron chi connectivity index (χ3n) is 4.44. The average molecular weight is 278 g/mol. The summed E-state index contributed by atoms with van der Waals surface area (Å²) in [6.07, 6.45) is 5.63. The van der Waals surface area contributed by atoms with Crippen LogP contribution in [0.4, 0.5) is 0 Å². The summed E-state index contributed by atoms with van der Waals surface area (Å²) in [5.74, 6) is 1.50. The Morgan fingerprint density at radius 2 is 2.25 bits per heavy atom. The van der Waals surface area contributed by atoms with Crippen molar-refractivity contribution in [3.05, 3.63) is 23.8 Å². The van der Waals surface area contributed by atoms with Crippen LogP contribution in [0, 0.1) is 0 Å². The Labute approximate surface area is 119 Å². The van der Waals surface area contributed by atoms with Crippen LogP contribution in [0.1, 0.15) is 37.7 Å². The van der Waals surface area contributed by atoms with Crippen LogP contribution >= 0.6 is 0 Å². The van der Waals surface area contributed by atoms with Crippen LogP contribution in [0.3, 0.4) is 0 Å². The first-order chi connectivity index (χ1) is 9.74. The third kappa shape index (κ3) is 2.63. The third-order valence-corrected chi connectivity index (χ3v) is 4.44. The molecule has 0 bridgehead atoms. The average Bonchev–Trinajstić information content (AvgIpc) is 2.46. The van der Waals surface area contributed by atoms with Crippen LogP contribution in [0.25, 0.3) is 0 Å². The van der Waals surface area contributed by atoms with Crippen molar-refractivity contribution in [1.82, 2.24) is 0 Å². The smallest absolute Gasteiger partial charge is 0.125 e. The number of hydrogen-bond donors (Lipinski definition) is 1. The van der Waals surface area contributed by atoms with Gasteiger partial charge in [-0.25, -0.2) is 0 Å². The van der Waals surface area contributed by atoms with E-state index < -0.39 is 0 Å². The van der Waals surface area contributed by atoms with Gasteiger partial charge in [0.15, 0.2) is 0 Å². The highest BCUT2D eigenvalue weighted by Gasteiger charge is 2.43. The van der Waals surface area contributed by atoms with E-state index in [1.807, 2.05) is 18.2 Å². The van der Waals surface area contributed by atoms with Gasteiger partial charge in [0.1, 0.15) is 17.6 Å². The molecule has 1 atom stereocenters. The summed E-state index contributed by atoms with van der Waals surface area (Å²) in [7, 11) is 1.62. The van der Waals surface area contributed by atoms with Crippen LogP contribution in [0.2, 0.25) is 0 Å². The van der Waals surface area contributed by atoms with Crippen LogP contribution < -0.4 is 9.47 Å². The molecule has 1 N–H and O–H groups in total. The van der Waals surface area contributed by atoms with E-state index in [2.05, 4.69) is 0 Å². The van der Waals surface area contributed by atoms with E-state index in [0.29, 0.717) is 0 Å². The van der Waals surface area contributed by atoms with E-state index in [0.717, 1.165) is 49.4 Å². The number of methoxy groups -OCH3 is 1. The second kappa shape index (κ2) is 5.62. The highest BCUT2D eigenvalue weighted by Crippen LogP contribution is 2.43. The van der Waals surface area contributed by atoms with Crippen molar-refractivity contribution in [3.8, 4) is 11.5 Å². The molecule has 1 aromatic rings. The number of benzene rings is 1. The lowest BCUT2D eigenvalue weighted by atomic mass is 9.74. The molecule has 4 heteroatoms. The minimum atomic E-state index is -0.0408. The van der Waals surface area contributed by atoms with Gasteiger partial charge in [-0.3, -0.25) is 0 Å². The maximum absolute atomic E-state index is 9.47. The zero-order valence-electron chi connectivity index (χ0n) is 11.9. The predicted molar refractivity (Wildman–Crippen MR) is 75.1 cm³/mol. The molecule has 1 aliphatic carbocycles. The minimum absolute atomic E-state index is 0.0408. The largest absolute Gasteiger partial charge is 0.497 e. The van der Waals surface area contributed by atoms with E-state index in [1.165, 1.54) is 6.42 Å². The number of aliphatic hydroxyl groups excluding tert-OH is 1. The lowest BCUT2D eigenvalue weighted by Gasteiger charge is -2.47. The predicted octanol–water partition coefficient (Wildman–Crippen LogP) is 2.67. The van der Waals surface area contributed by atoms with Gasteiger partial charge >= 0.3 is 0 Å². The second-order valence-corrected chi connectivity index (χ2v) is 5.75. The molecular formula is C16H22O4. The van der Waals surface area contributed by atoms with E-state index >= 15 is 0 Å². The lowest BCUT2D eigenvalue weighted by Crippen LogP contribution is -2.48. The Hall–Kier alpha value is -1.26. The molecule has 2 aliphatic rings. The van der Waals surface area contributed by atoms with Crippen molar-refractivity contribution < 1.29 is 19.3 Å². The topological polar surface area (TPSA) is 47.9 Å². The quantitative estimate of drug-likeness (QED) is 0.920. The fraction of sp³-hybridized carbons (Fsp3) is 0.625. The SMILES string of the molecule is COc1ccc(OC2CCOC3(CCC3)C2)c(CO)c1. The first kappa shape index (κ1) is 13.7. The number of ether oxygens (including phenoxy) is 3. The normalized spacial score (nSPS) is 24.2. The van der Waals surface area contributed by atoms with E-state index in [4.69, 9.17) is 14.2 Å². The van der Waals surface area contributed by atoms with Gasteiger partial charge in [0.05, 0.1) is 25.9 Å². The Morgan fingerprint density at radius 3 is 2.90 bits per heavy atom. The Bertz CT molecular complexity index is 468. The number of hydrogen-bond acceptors (Lipinski definition) is 4. The van der Waals surface area contributed by atoms with Crippen LogP contribution in [0.5, 0.6) is 11.5 Å². The highest BCUT2D eigenvalue weighted by atomic mass is 16.5. The molecule has 1 heterocycles. The van der Waals surface area contributed by atoms with Gasteiger partial charge in [-0.1, -0.05) is 0 Å². The molecule has 0 aromatic heterocycles. The first-order valence-electron chi connectivity index (χ1n) is 7.33. The maximum atomic E-state index is 9.47. The van der Waals surface area contributed by atoms with Crippen molar-refractivity contribution >= 4 is 0 Å². The Morgan fingerprint density at radius 1 is 1.40 bits per heavy atom. The molecular weight excluding hydrogens is 256 g/mol. The summed E-state index contributed by atoms with van der Waals surface area (Å²) in [6, 6.07) is 5.58. The molecule has 1 aromatic carbocycles. The van der Waals surface area contributed by atoms with Gasteiger partial charge in [0, 0.05) is 18.4 Å². The van der Waals surface area contributed by atoms with E-state index in [-0.39, 0.29) is 18.3 Å². The molecule has 1 saturated heterocycles. The molecule has 110 valence electrons. The van der Waals surface area contributed by atoms with Gasteiger partial charge in [0.2, 0.25) is 0 Å². The molecule has 3 rings (SSSR count). The summed E-state index contributed by atoms with van der Waals surface area (Å²) in [5, 5.41) is 9.47. The molecule has 4 nitrogen and oxygen atoms in total. The molecule has 1 unspecified atom stereocenters. The standard InChI is InChI=1S/C16H22O4/c1-18-13-3-4-15(12(9-13)11-17)20-14-5-8-19-16(10-14)6-2-7-16/h3-4,9,14,17H,2,5-8,10-11H2,1H3. The molecule has 1 spiro atoms. The first-order valence-corrected chi connectivity index (χ1v) is 7.33. The summed E-state index contributed by atoms with van der Waals surface area (Å²) < 4.78 is 17.2. The van der Waals surface area contributed by atoms with Crippen LogP contribution in [-0.2, 0) is 11.3 Å². The maximum Gasteiger partial charge on any atom is 0.125 e. The fourth-order valence-corrected chi connectivity index (χ4v) is 3.10. The molecule has 0 radical (unpaired) electrons. The van der Waals surface area contributed by atoms with Crippen LogP contribution in [0.15, 0.2) is 18.2 Å². The monoisotopic (exact) mass is 278 g/mol. The highest BCUT2D eigenvalue weighted by molar-refractivity contribution is 5.40. The van der Waals surface area contributed by atoms with Gasteiger partial charge in [0.25, 0.3) is 0 Å². The number of rotatable bonds is 4. The fourth-order valence-electron chi connectivity index (χ4n) is 3.10. The van der Waals surface area contributed by atoms with E-state index in [9.17, 15) is 5.11 Å². The Kier molecular flexibility index (Phi) is 3.85. The molecule has 1 saturated carbocycles. The van der Waals surface area contributed by atoms with E-state index in [1.54, 1.807) is 7.11 Å². The molecule has 1 aliphatic heterocycles. The van der Waals surface area contributed by atoms with Crippen molar-refractivity contribution in [1.29, 1.82) is 0 Å². The minimum Gasteiger partial charge on any atom is -0.497 e. The second-order valence-electron chi connectivity index (χ2n) is 5.75. The zero-order chi connectivity index (χ0) is 14.0. The molecule has 2 fully saturated rings. The van der Waals surface area contributed by atoms with Gasteiger partial charge in [-0.15, -0.1) is 0 Å². The van der Waals surface area contributed by atoms with Crippen LogP contribution in [-0.4, -0.2) is 30.5 Å². The Balaban J connectivity index is 1.70. The molecule has 0 amide bonds. The van der Waals surface area contributed by atoms with Gasteiger partial charge in [-0.05, 0) is 37.5 Å². The number of aliphatic hydroxyl groups is 1. The van der Waals surface area contributed by atoms with Crippen molar-refractivity contribution in [2.75, 3.05) is 13.7 Å². The summed E-state index contributed by atoms with van der Waals surface area (Å²) in [5.41, 5.74) is 0.855. The zero-order valence-corrected chi connectivity index (χ0v) is 11.9. The summed E-state index contributed by atoms with van der Waals surface area (Å²) in [4.78, 5) is 0. The van der Waals surface area contributed by atoms with Gasteiger partial charge in [-0.2, -0.15) is 0 Å². The summed E-state index contributed by atoms with van der Waals surface area (Å²) in [6.45, 7) is 0.732. The lowest BCUT2D eigenvalue weighted by molar-refractivity contribution is -0.153. The van der Waals surface area contributed by atoms with Crippen molar-refractivity contribution in [2.24, 2.45) is 0 Å². The van der Waals surface area contributed by atoms with Gasteiger partial charge < -0.3 is 19.3 Å². The van der Waals surface area contributed by atoms with Crippen molar-refractivity contribution in [3.63, 3.8) is 0 Å².